The van der Waals surface area contributed by atoms with Crippen molar-refractivity contribution >= 4 is 6.16 Å². The summed E-state index contributed by atoms with van der Waals surface area (Å²) in [7, 11) is 0. The summed E-state index contributed by atoms with van der Waals surface area (Å²) in [5.74, 6) is 0.269. The summed E-state index contributed by atoms with van der Waals surface area (Å²) < 4.78 is 11.1. The Morgan fingerprint density at radius 1 is 0.658 bits per heavy atom. The lowest BCUT2D eigenvalue weighted by Crippen LogP contribution is -2.08. The van der Waals surface area contributed by atoms with Crippen LogP contribution >= 0.6 is 0 Å². The third-order valence-electron chi connectivity index (χ3n) is 7.44. The molecule has 0 unspecified atom stereocenters. The van der Waals surface area contributed by atoms with Gasteiger partial charge in [0.1, 0.15) is 0 Å². The minimum absolute atomic E-state index is 0.00435. The van der Waals surface area contributed by atoms with E-state index in [1.54, 1.807) is 6.07 Å². The molecule has 0 heterocycles. The highest BCUT2D eigenvalue weighted by Crippen LogP contribution is 2.43. The van der Waals surface area contributed by atoms with Gasteiger partial charge >= 0.3 is 6.16 Å². The van der Waals surface area contributed by atoms with Crippen molar-refractivity contribution in [2.75, 3.05) is 6.61 Å². The van der Waals surface area contributed by atoms with Crippen LogP contribution in [0.5, 0.6) is 17.2 Å². The van der Waals surface area contributed by atoms with Crippen molar-refractivity contribution in [3.63, 3.8) is 0 Å². The molecule has 0 saturated heterocycles. The molecule has 0 saturated carbocycles. The normalized spacial score (nSPS) is 11.1. The van der Waals surface area contributed by atoms with Crippen LogP contribution in [0.25, 0.3) is 0 Å². The first-order chi connectivity index (χ1) is 18.5. The molecule has 0 amide bonds. The van der Waals surface area contributed by atoms with Crippen molar-refractivity contribution < 1.29 is 24.5 Å². The van der Waals surface area contributed by atoms with Gasteiger partial charge in [0.2, 0.25) is 5.75 Å². The van der Waals surface area contributed by atoms with Gasteiger partial charge in [-0.25, -0.2) is 4.79 Å². The maximum Gasteiger partial charge on any atom is 0.511 e. The average molecular weight is 535 g/mol. The number of aromatic hydroxyl groups is 1. The van der Waals surface area contributed by atoms with Crippen molar-refractivity contribution in [3.05, 3.63) is 17.2 Å². The minimum Gasteiger partial charge on any atom is -0.502 e. The van der Waals surface area contributed by atoms with Crippen LogP contribution in [0.4, 0.5) is 4.79 Å². The molecule has 1 aromatic rings. The van der Waals surface area contributed by atoms with Crippen LogP contribution in [0.15, 0.2) is 6.07 Å². The Bertz CT molecular complexity index is 731. The molecule has 0 spiro atoms. The summed E-state index contributed by atoms with van der Waals surface area (Å²) in [4.78, 5) is 11.3. The van der Waals surface area contributed by atoms with E-state index in [1.807, 2.05) is 0 Å². The van der Waals surface area contributed by atoms with Crippen LogP contribution < -0.4 is 9.47 Å². The summed E-state index contributed by atoms with van der Waals surface area (Å²) in [5, 5.41) is 20.2. The highest BCUT2D eigenvalue weighted by atomic mass is 16.7. The maximum absolute atomic E-state index is 11.3. The zero-order valence-corrected chi connectivity index (χ0v) is 25.0. The van der Waals surface area contributed by atoms with Gasteiger partial charge < -0.3 is 19.7 Å². The largest absolute Gasteiger partial charge is 0.511 e. The summed E-state index contributed by atoms with van der Waals surface area (Å²) in [6.45, 7) is 7.19. The lowest BCUT2D eigenvalue weighted by atomic mass is 9.94. The van der Waals surface area contributed by atoms with E-state index in [9.17, 15) is 15.0 Å². The van der Waals surface area contributed by atoms with E-state index >= 15 is 0 Å². The Morgan fingerprint density at radius 2 is 1.11 bits per heavy atom. The van der Waals surface area contributed by atoms with Crippen LogP contribution in [0.2, 0.25) is 0 Å². The number of carbonyl (C=O) groups is 1. The second-order valence-electron chi connectivity index (χ2n) is 10.9. The first-order valence-corrected chi connectivity index (χ1v) is 16.0. The van der Waals surface area contributed by atoms with Gasteiger partial charge in [-0.3, -0.25) is 0 Å². The molecule has 5 nitrogen and oxygen atoms in total. The van der Waals surface area contributed by atoms with Crippen LogP contribution in [0, 0.1) is 0 Å². The topological polar surface area (TPSA) is 76.0 Å². The molecule has 2 N–H and O–H groups in total. The quantitative estimate of drug-likeness (QED) is 0.0741. The number of rotatable bonds is 25. The van der Waals surface area contributed by atoms with Crippen LogP contribution in [0.3, 0.4) is 0 Å². The number of hydrogen-bond donors (Lipinski definition) is 2. The van der Waals surface area contributed by atoms with E-state index in [2.05, 4.69) is 20.8 Å². The Kier molecular flexibility index (Phi) is 20.7. The van der Waals surface area contributed by atoms with Crippen molar-refractivity contribution in [3.8, 4) is 17.2 Å². The van der Waals surface area contributed by atoms with Gasteiger partial charge in [-0.15, -0.1) is 0 Å². The SMILES string of the molecule is CCCCCCCCCCc1cc(OC(=O)O)c(O)c(OCCCCCC)c1CCCCCCCCCC. The molecule has 0 aromatic heterocycles. The number of ether oxygens (including phenoxy) is 2. The molecule has 0 bridgehead atoms. The Labute approximate surface area is 233 Å². The smallest absolute Gasteiger partial charge is 0.502 e. The van der Waals surface area contributed by atoms with Crippen molar-refractivity contribution in [2.24, 2.45) is 0 Å². The van der Waals surface area contributed by atoms with E-state index in [0.29, 0.717) is 12.4 Å². The number of phenols is 1. The highest BCUT2D eigenvalue weighted by molar-refractivity contribution is 5.67. The fourth-order valence-corrected chi connectivity index (χ4v) is 5.13. The number of phenolic OH excluding ortho intramolecular Hbond substituents is 1. The standard InChI is InChI=1S/C33H58O5/c1-4-7-10-13-15-17-19-21-24-28-27-30(38-33(35)36)31(34)32(37-26-23-12-9-6-3)29(28)25-22-20-18-16-14-11-8-5-2/h27,34H,4-26H2,1-3H3,(H,35,36). The molecule has 0 aliphatic rings. The minimum atomic E-state index is -1.41. The van der Waals surface area contributed by atoms with Gasteiger partial charge in [0.05, 0.1) is 6.61 Å². The second-order valence-corrected chi connectivity index (χ2v) is 10.9. The van der Waals surface area contributed by atoms with Crippen LogP contribution in [-0.4, -0.2) is 23.0 Å². The van der Waals surface area contributed by atoms with Crippen molar-refractivity contribution in [2.45, 2.75) is 162 Å². The van der Waals surface area contributed by atoms with E-state index < -0.39 is 6.16 Å². The molecular formula is C33H58O5. The van der Waals surface area contributed by atoms with E-state index in [1.165, 1.54) is 77.0 Å². The van der Waals surface area contributed by atoms with Gasteiger partial charge in [-0.2, -0.15) is 0 Å². The lowest BCUT2D eigenvalue weighted by Gasteiger charge is -2.19. The molecular weight excluding hydrogens is 476 g/mol. The molecule has 0 aliphatic heterocycles. The number of aryl methyl sites for hydroxylation is 1. The molecule has 220 valence electrons. The van der Waals surface area contributed by atoms with Crippen molar-refractivity contribution in [1.29, 1.82) is 0 Å². The fraction of sp³-hybridized carbons (Fsp3) is 0.788. The third-order valence-corrected chi connectivity index (χ3v) is 7.44. The molecule has 0 atom stereocenters. The van der Waals surface area contributed by atoms with E-state index in [4.69, 9.17) is 9.47 Å². The lowest BCUT2D eigenvalue weighted by molar-refractivity contribution is 0.142. The molecule has 0 fully saturated rings. The molecule has 0 aliphatic carbocycles. The zero-order chi connectivity index (χ0) is 27.8. The van der Waals surface area contributed by atoms with Gasteiger partial charge in [-0.1, -0.05) is 130 Å². The first-order valence-electron chi connectivity index (χ1n) is 16.0. The molecule has 0 radical (unpaired) electrons. The maximum atomic E-state index is 11.3. The number of unbranched alkanes of at least 4 members (excludes halogenated alkanes) is 17. The second kappa shape index (κ2) is 23.0. The third kappa shape index (κ3) is 15.5. The molecule has 5 heteroatoms. The van der Waals surface area contributed by atoms with Crippen molar-refractivity contribution in [1.82, 2.24) is 0 Å². The first kappa shape index (κ1) is 34.1. The Balaban J connectivity index is 2.91. The van der Waals surface area contributed by atoms with Gasteiger partial charge in [0, 0.05) is 5.56 Å². The summed E-state index contributed by atoms with van der Waals surface area (Å²) in [6, 6.07) is 1.74. The summed E-state index contributed by atoms with van der Waals surface area (Å²) in [6.07, 6.45) is 24.5. The molecule has 1 rings (SSSR count). The van der Waals surface area contributed by atoms with Gasteiger partial charge in [0.15, 0.2) is 11.5 Å². The zero-order valence-electron chi connectivity index (χ0n) is 25.0. The predicted octanol–water partition coefficient (Wildman–Crippen LogP) is 10.8. The number of carboxylic acid groups (broad SMARTS) is 1. The van der Waals surface area contributed by atoms with Crippen LogP contribution in [-0.2, 0) is 12.8 Å². The predicted molar refractivity (Wildman–Crippen MR) is 159 cm³/mol. The summed E-state index contributed by atoms with van der Waals surface area (Å²) in [5.41, 5.74) is 2.11. The molecule has 38 heavy (non-hydrogen) atoms. The highest BCUT2D eigenvalue weighted by Gasteiger charge is 2.21. The Hall–Kier alpha value is -1.91. The van der Waals surface area contributed by atoms with E-state index in [-0.39, 0.29) is 11.5 Å². The summed E-state index contributed by atoms with van der Waals surface area (Å²) >= 11 is 0. The Morgan fingerprint density at radius 3 is 1.61 bits per heavy atom. The van der Waals surface area contributed by atoms with Gasteiger partial charge in [-0.05, 0) is 43.7 Å². The molecule has 1 aromatic carbocycles. The van der Waals surface area contributed by atoms with Crippen LogP contribution in [0.1, 0.15) is 160 Å². The average Bonchev–Trinajstić information content (AvgIpc) is 2.90. The number of benzene rings is 1. The fourth-order valence-electron chi connectivity index (χ4n) is 5.13. The van der Waals surface area contributed by atoms with E-state index in [0.717, 1.165) is 75.3 Å². The monoisotopic (exact) mass is 534 g/mol. The van der Waals surface area contributed by atoms with Gasteiger partial charge in [0.25, 0.3) is 0 Å². The number of hydrogen-bond acceptors (Lipinski definition) is 4.